The molecule has 0 aromatic heterocycles. The van der Waals surface area contributed by atoms with Gasteiger partial charge in [-0.15, -0.1) is 0 Å². The monoisotopic (exact) mass is 362 g/mol. The first kappa shape index (κ1) is 17.7. The molecule has 2 aromatic carbocycles. The van der Waals surface area contributed by atoms with Crippen LogP contribution in [0.2, 0.25) is 0 Å². The van der Waals surface area contributed by atoms with Crippen molar-refractivity contribution in [3.8, 4) is 5.75 Å². The third-order valence-electron chi connectivity index (χ3n) is 5.65. The summed E-state index contributed by atoms with van der Waals surface area (Å²) in [5, 5.41) is 3.25. The predicted molar refractivity (Wildman–Crippen MR) is 109 cm³/mol. The van der Waals surface area contributed by atoms with Crippen molar-refractivity contribution < 1.29 is 9.53 Å². The molecule has 1 N–H and O–H groups in total. The maximum Gasteiger partial charge on any atom is 0.241 e. The standard InChI is InChI=1S/C23H26N2O2/c1-16(2)27-18-11-9-17(10-12-18)13-14-23-22(3,4)19-7-5-6-8-20(19)25(23)15-21(26)24-23/h5-14,16H,15H2,1-4H3,(H,24,26)/b14-13+/t23-/m0/s1. The second kappa shape index (κ2) is 6.15. The summed E-state index contributed by atoms with van der Waals surface area (Å²) in [6.07, 6.45) is 4.38. The van der Waals surface area contributed by atoms with Crippen LogP contribution >= 0.6 is 0 Å². The van der Waals surface area contributed by atoms with Crippen molar-refractivity contribution in [2.24, 2.45) is 0 Å². The van der Waals surface area contributed by atoms with Gasteiger partial charge >= 0.3 is 0 Å². The number of hydrogen-bond donors (Lipinski definition) is 1. The maximum absolute atomic E-state index is 12.3. The molecule has 2 aliphatic rings. The number of fused-ring (bicyclic) bond motifs is 3. The third kappa shape index (κ3) is 2.71. The molecule has 1 saturated heterocycles. The molecular weight excluding hydrogens is 336 g/mol. The van der Waals surface area contributed by atoms with E-state index < -0.39 is 5.66 Å². The molecule has 2 aromatic rings. The van der Waals surface area contributed by atoms with E-state index in [0.29, 0.717) is 6.54 Å². The summed E-state index contributed by atoms with van der Waals surface area (Å²) in [6.45, 7) is 8.81. The van der Waals surface area contributed by atoms with E-state index in [0.717, 1.165) is 17.0 Å². The Morgan fingerprint density at radius 1 is 1.11 bits per heavy atom. The molecule has 27 heavy (non-hydrogen) atoms. The van der Waals surface area contributed by atoms with E-state index in [1.807, 2.05) is 44.2 Å². The minimum Gasteiger partial charge on any atom is -0.491 e. The van der Waals surface area contributed by atoms with Crippen molar-refractivity contribution in [2.75, 3.05) is 11.4 Å². The molecule has 1 amide bonds. The van der Waals surface area contributed by atoms with Crippen molar-refractivity contribution in [3.63, 3.8) is 0 Å². The Balaban J connectivity index is 1.69. The van der Waals surface area contributed by atoms with Gasteiger partial charge in [-0.1, -0.05) is 50.3 Å². The smallest absolute Gasteiger partial charge is 0.241 e. The van der Waals surface area contributed by atoms with Crippen LogP contribution in [0, 0.1) is 0 Å². The first-order chi connectivity index (χ1) is 12.8. The van der Waals surface area contributed by atoms with Gasteiger partial charge in [0.15, 0.2) is 0 Å². The maximum atomic E-state index is 12.3. The molecule has 0 radical (unpaired) electrons. The fourth-order valence-electron chi connectivity index (χ4n) is 4.29. The number of carbonyl (C=O) groups excluding carboxylic acids is 1. The van der Waals surface area contributed by atoms with E-state index in [-0.39, 0.29) is 17.4 Å². The lowest BCUT2D eigenvalue weighted by molar-refractivity contribution is -0.118. The summed E-state index contributed by atoms with van der Waals surface area (Å²) in [5.74, 6) is 0.924. The molecule has 1 atom stereocenters. The SMILES string of the molecule is CC(C)Oc1ccc(/C=C/[C@]23NC(=O)CN2c2ccccc2C3(C)C)cc1. The number of nitrogens with one attached hydrogen (secondary N) is 1. The van der Waals surface area contributed by atoms with E-state index in [9.17, 15) is 4.79 Å². The molecule has 0 saturated carbocycles. The van der Waals surface area contributed by atoms with Crippen molar-refractivity contribution >= 4 is 17.7 Å². The van der Waals surface area contributed by atoms with Gasteiger partial charge in [-0.05, 0) is 49.2 Å². The number of carbonyl (C=O) groups is 1. The van der Waals surface area contributed by atoms with Crippen LogP contribution in [-0.4, -0.2) is 24.2 Å². The molecule has 0 unspecified atom stereocenters. The van der Waals surface area contributed by atoms with Gasteiger partial charge in [0.25, 0.3) is 0 Å². The predicted octanol–water partition coefficient (Wildman–Crippen LogP) is 4.11. The lowest BCUT2D eigenvalue weighted by atomic mass is 9.75. The molecule has 140 valence electrons. The van der Waals surface area contributed by atoms with E-state index >= 15 is 0 Å². The number of hydrogen-bond acceptors (Lipinski definition) is 3. The third-order valence-corrected chi connectivity index (χ3v) is 5.65. The van der Waals surface area contributed by atoms with E-state index in [1.54, 1.807) is 0 Å². The zero-order valence-corrected chi connectivity index (χ0v) is 16.3. The first-order valence-electron chi connectivity index (χ1n) is 9.48. The minimum absolute atomic E-state index is 0.0582. The van der Waals surface area contributed by atoms with E-state index in [4.69, 9.17) is 4.74 Å². The molecule has 1 fully saturated rings. The Hall–Kier alpha value is -2.75. The Morgan fingerprint density at radius 2 is 1.81 bits per heavy atom. The van der Waals surface area contributed by atoms with Gasteiger partial charge in [0.1, 0.15) is 11.4 Å². The topological polar surface area (TPSA) is 41.6 Å². The van der Waals surface area contributed by atoms with E-state index in [2.05, 4.69) is 54.4 Å². The van der Waals surface area contributed by atoms with Crippen LogP contribution in [0.15, 0.2) is 54.6 Å². The lowest BCUT2D eigenvalue weighted by Gasteiger charge is -2.40. The summed E-state index contributed by atoms with van der Waals surface area (Å²) in [6, 6.07) is 16.4. The normalized spacial score (nSPS) is 22.9. The van der Waals surface area contributed by atoms with Gasteiger partial charge in [-0.25, -0.2) is 0 Å². The van der Waals surface area contributed by atoms with Crippen LogP contribution in [0.1, 0.15) is 38.8 Å². The summed E-state index contributed by atoms with van der Waals surface area (Å²) in [7, 11) is 0. The van der Waals surface area contributed by atoms with Crippen molar-refractivity contribution in [2.45, 2.75) is 44.9 Å². The molecule has 4 heteroatoms. The van der Waals surface area contributed by atoms with Crippen LogP contribution in [0.3, 0.4) is 0 Å². The van der Waals surface area contributed by atoms with Crippen LogP contribution < -0.4 is 15.0 Å². The molecular formula is C23H26N2O2. The molecule has 4 rings (SSSR count). The average Bonchev–Trinajstić information content (AvgIpc) is 3.06. The van der Waals surface area contributed by atoms with Crippen LogP contribution in [0.5, 0.6) is 5.75 Å². The van der Waals surface area contributed by atoms with Gasteiger partial charge in [0, 0.05) is 11.1 Å². The summed E-state index contributed by atoms with van der Waals surface area (Å²) >= 11 is 0. The van der Waals surface area contributed by atoms with Gasteiger partial charge in [0.2, 0.25) is 5.91 Å². The second-order valence-corrected chi connectivity index (χ2v) is 8.11. The summed E-state index contributed by atoms with van der Waals surface area (Å²) in [4.78, 5) is 14.5. The highest BCUT2D eigenvalue weighted by molar-refractivity contribution is 5.91. The van der Waals surface area contributed by atoms with Crippen molar-refractivity contribution in [1.82, 2.24) is 5.32 Å². The van der Waals surface area contributed by atoms with Crippen LogP contribution in [0.4, 0.5) is 5.69 Å². The molecule has 0 bridgehead atoms. The zero-order valence-electron chi connectivity index (χ0n) is 16.3. The number of benzene rings is 2. The van der Waals surface area contributed by atoms with Crippen LogP contribution in [-0.2, 0) is 10.2 Å². The van der Waals surface area contributed by atoms with Crippen LogP contribution in [0.25, 0.3) is 6.08 Å². The number of ether oxygens (including phenoxy) is 1. The fourth-order valence-corrected chi connectivity index (χ4v) is 4.29. The lowest BCUT2D eigenvalue weighted by Crippen LogP contribution is -2.58. The minimum atomic E-state index is -0.555. The largest absolute Gasteiger partial charge is 0.491 e. The highest BCUT2D eigenvalue weighted by atomic mass is 16.5. The molecule has 2 heterocycles. The zero-order chi connectivity index (χ0) is 19.2. The van der Waals surface area contributed by atoms with Gasteiger partial charge < -0.3 is 15.0 Å². The highest BCUT2D eigenvalue weighted by Crippen LogP contribution is 2.52. The average molecular weight is 362 g/mol. The molecule has 2 aliphatic heterocycles. The Kier molecular flexibility index (Phi) is 4.02. The van der Waals surface area contributed by atoms with E-state index in [1.165, 1.54) is 5.56 Å². The number of para-hydroxylation sites is 1. The molecule has 0 aliphatic carbocycles. The second-order valence-electron chi connectivity index (χ2n) is 8.11. The van der Waals surface area contributed by atoms with Crippen molar-refractivity contribution in [3.05, 3.63) is 65.7 Å². The van der Waals surface area contributed by atoms with Gasteiger partial charge in [0.05, 0.1) is 12.6 Å². The number of nitrogens with zero attached hydrogens (tertiary/aromatic N) is 1. The fraction of sp³-hybridized carbons (Fsp3) is 0.348. The summed E-state index contributed by atoms with van der Waals surface area (Å²) < 4.78 is 5.72. The summed E-state index contributed by atoms with van der Waals surface area (Å²) in [5.41, 5.74) is 2.67. The Morgan fingerprint density at radius 3 is 2.52 bits per heavy atom. The Labute approximate surface area is 160 Å². The van der Waals surface area contributed by atoms with Crippen molar-refractivity contribution in [1.29, 1.82) is 0 Å². The van der Waals surface area contributed by atoms with Gasteiger partial charge in [-0.2, -0.15) is 0 Å². The molecule has 0 spiro atoms. The number of anilines is 1. The van der Waals surface area contributed by atoms with Gasteiger partial charge in [-0.3, -0.25) is 4.79 Å². The quantitative estimate of drug-likeness (QED) is 0.890. The number of rotatable bonds is 4. The molecule has 4 nitrogen and oxygen atoms in total. The highest BCUT2D eigenvalue weighted by Gasteiger charge is 2.59. The first-order valence-corrected chi connectivity index (χ1v) is 9.48. The number of amides is 1. The Bertz CT molecular complexity index is 899.